The summed E-state index contributed by atoms with van der Waals surface area (Å²) >= 11 is 6.32. The van der Waals surface area contributed by atoms with Gasteiger partial charge in [-0.05, 0) is 97.9 Å². The van der Waals surface area contributed by atoms with E-state index in [1.165, 1.54) is 18.9 Å². The third-order valence-corrected chi connectivity index (χ3v) is 10.7. The fourth-order valence-electron chi connectivity index (χ4n) is 9.39. The summed E-state index contributed by atoms with van der Waals surface area (Å²) in [7, 11) is 1.40. The van der Waals surface area contributed by atoms with E-state index in [0.717, 1.165) is 43.4 Å². The summed E-state index contributed by atoms with van der Waals surface area (Å²) in [5, 5.41) is 13.6. The molecule has 0 aromatic heterocycles. The van der Waals surface area contributed by atoms with Crippen molar-refractivity contribution in [1.82, 2.24) is 10.2 Å². The highest BCUT2D eigenvalue weighted by Gasteiger charge is 2.63. The smallest absolute Gasteiger partial charge is 0.326 e. The maximum absolute atomic E-state index is 15.5. The van der Waals surface area contributed by atoms with E-state index < -0.39 is 52.9 Å². The summed E-state index contributed by atoms with van der Waals surface area (Å²) in [5.74, 6) is -2.79. The molecule has 44 heavy (non-hydrogen) atoms. The molecule has 4 saturated carbocycles. The second-order valence-corrected chi connectivity index (χ2v) is 13.9. The van der Waals surface area contributed by atoms with Crippen molar-refractivity contribution in [1.29, 1.82) is 0 Å². The molecule has 0 saturated heterocycles. The zero-order valence-electron chi connectivity index (χ0n) is 25.1. The van der Waals surface area contributed by atoms with Crippen LogP contribution in [0.5, 0.6) is 0 Å². The molecule has 2 N–H and O–H groups in total. The number of Topliss-reactive ketones (excluding diaryl/α,β-unsaturated/α-hetero) is 1. The van der Waals surface area contributed by atoms with Crippen LogP contribution in [0.3, 0.4) is 0 Å². The van der Waals surface area contributed by atoms with Crippen LogP contribution in [0, 0.1) is 23.2 Å². The average Bonchev–Trinajstić information content (AvgIpc) is 2.99. The molecule has 10 heteroatoms. The molecule has 9 nitrogen and oxygen atoms in total. The van der Waals surface area contributed by atoms with Gasteiger partial charge in [-0.15, -0.1) is 0 Å². The zero-order valence-corrected chi connectivity index (χ0v) is 25.8. The Balaban J connectivity index is 1.61. The number of para-hydroxylation sites is 1. The number of ketones is 1. The Hall–Kier alpha value is -3.72. The molecular weight excluding hydrogens is 582 g/mol. The van der Waals surface area contributed by atoms with Crippen molar-refractivity contribution in [3.05, 3.63) is 64.7 Å². The van der Waals surface area contributed by atoms with Crippen LogP contribution in [0.25, 0.3) is 0 Å². The molecule has 2 aromatic rings. The van der Waals surface area contributed by atoms with Crippen molar-refractivity contribution in [3.8, 4) is 0 Å². The third kappa shape index (κ3) is 5.09. The Bertz CT molecular complexity index is 1510. The molecule has 1 aliphatic heterocycles. The first-order chi connectivity index (χ1) is 21.0. The number of hydrogen-bond donors (Lipinski definition) is 2. The minimum Gasteiger partial charge on any atom is -0.480 e. The van der Waals surface area contributed by atoms with E-state index in [1.807, 2.05) is 0 Å². The quantitative estimate of drug-likeness (QED) is 0.446. The largest absolute Gasteiger partial charge is 0.480 e. The molecule has 3 amide bonds. The van der Waals surface area contributed by atoms with Crippen molar-refractivity contribution >= 4 is 46.8 Å². The van der Waals surface area contributed by atoms with Gasteiger partial charge in [-0.25, -0.2) is 4.79 Å². The van der Waals surface area contributed by atoms with Gasteiger partial charge in [0, 0.05) is 31.0 Å². The Morgan fingerprint density at radius 3 is 2.18 bits per heavy atom. The van der Waals surface area contributed by atoms with Gasteiger partial charge >= 0.3 is 5.97 Å². The topological polar surface area (TPSA) is 124 Å². The van der Waals surface area contributed by atoms with Crippen molar-refractivity contribution in [2.24, 2.45) is 23.2 Å². The summed E-state index contributed by atoms with van der Waals surface area (Å²) in [4.78, 5) is 72.8. The number of benzene rings is 2. The Kier molecular flexibility index (Phi) is 7.80. The maximum Gasteiger partial charge on any atom is 0.326 e. The van der Waals surface area contributed by atoms with Crippen LogP contribution in [0.15, 0.2) is 48.5 Å². The normalized spacial score (nSPS) is 31.2. The van der Waals surface area contributed by atoms with E-state index in [9.17, 15) is 24.3 Å². The summed E-state index contributed by atoms with van der Waals surface area (Å²) in [6, 6.07) is 11.8. The van der Waals surface area contributed by atoms with Gasteiger partial charge in [-0.2, -0.15) is 0 Å². The van der Waals surface area contributed by atoms with E-state index in [4.69, 9.17) is 11.6 Å². The highest BCUT2D eigenvalue weighted by molar-refractivity contribution is 6.30. The molecule has 4 aliphatic carbocycles. The Morgan fingerprint density at radius 2 is 1.61 bits per heavy atom. The van der Waals surface area contributed by atoms with Crippen molar-refractivity contribution in [2.75, 3.05) is 11.9 Å². The van der Waals surface area contributed by atoms with Crippen LogP contribution in [-0.4, -0.2) is 58.1 Å². The lowest BCUT2D eigenvalue weighted by Crippen LogP contribution is -2.72. The number of aliphatic carboxylic acids is 1. The summed E-state index contributed by atoms with van der Waals surface area (Å²) < 4.78 is 0. The standard InChI is InChI=1S/C34H38ClN3O6/c1-20(39)38-28(30(41)42)14-29(40)26-8-3-4-9-27(26)37(18-21-6-5-7-25(35)13-21)32(44)34(38,31(43)36-2)19-33-15-22-10-23(16-33)12-24(11-22)17-33/h3-9,13,22-24,28H,10-12,14-19H2,1-2H3,(H,36,43)(H,41,42)/t22?,23?,24?,28-,33?,34+/m0/s1. The van der Waals surface area contributed by atoms with E-state index in [2.05, 4.69) is 5.32 Å². The molecule has 1 heterocycles. The number of likely N-dealkylation sites (N-methyl/N-ethyl adjacent to an activating group) is 1. The number of fused-ring (bicyclic) bond motifs is 1. The zero-order chi connectivity index (χ0) is 31.4. The van der Waals surface area contributed by atoms with Gasteiger partial charge in [0.25, 0.3) is 11.8 Å². The molecule has 0 unspecified atom stereocenters. The number of amides is 3. The number of carboxylic acid groups (broad SMARTS) is 1. The van der Waals surface area contributed by atoms with Gasteiger partial charge in [0.2, 0.25) is 11.4 Å². The number of hydrogen-bond acceptors (Lipinski definition) is 5. The minimum absolute atomic E-state index is 0.00618. The van der Waals surface area contributed by atoms with E-state index in [-0.39, 0.29) is 24.2 Å². The number of carbonyl (C=O) groups is 5. The summed E-state index contributed by atoms with van der Waals surface area (Å²) in [6.45, 7) is 1.13. The molecule has 0 spiro atoms. The summed E-state index contributed by atoms with van der Waals surface area (Å²) in [6.07, 6.45) is 5.23. The van der Waals surface area contributed by atoms with Gasteiger partial charge in [0.05, 0.1) is 12.2 Å². The third-order valence-electron chi connectivity index (χ3n) is 10.4. The lowest BCUT2D eigenvalue weighted by atomic mass is 9.47. The van der Waals surface area contributed by atoms with Crippen molar-refractivity contribution in [3.63, 3.8) is 0 Å². The molecule has 4 fully saturated rings. The van der Waals surface area contributed by atoms with Gasteiger partial charge < -0.3 is 20.2 Å². The number of anilines is 1. The number of rotatable bonds is 6. The highest BCUT2D eigenvalue weighted by atomic mass is 35.5. The van der Waals surface area contributed by atoms with E-state index >= 15 is 4.79 Å². The second-order valence-electron chi connectivity index (χ2n) is 13.4. The predicted molar refractivity (Wildman–Crippen MR) is 164 cm³/mol. The van der Waals surface area contributed by atoms with Crippen molar-refractivity contribution in [2.45, 2.75) is 76.4 Å². The van der Waals surface area contributed by atoms with Crippen LogP contribution in [0.4, 0.5) is 5.69 Å². The van der Waals surface area contributed by atoms with Crippen LogP contribution in [-0.2, 0) is 25.7 Å². The fourth-order valence-corrected chi connectivity index (χ4v) is 9.60. The van der Waals surface area contributed by atoms with Crippen LogP contribution >= 0.6 is 11.6 Å². The van der Waals surface area contributed by atoms with Crippen LogP contribution in [0.2, 0.25) is 5.02 Å². The van der Waals surface area contributed by atoms with Gasteiger partial charge in [-0.3, -0.25) is 19.2 Å². The van der Waals surface area contributed by atoms with Crippen LogP contribution < -0.4 is 10.2 Å². The number of carboxylic acids is 1. The highest BCUT2D eigenvalue weighted by Crippen LogP contribution is 2.63. The first-order valence-electron chi connectivity index (χ1n) is 15.4. The van der Waals surface area contributed by atoms with Gasteiger partial charge in [0.15, 0.2) is 5.78 Å². The lowest BCUT2D eigenvalue weighted by Gasteiger charge is -2.59. The SMILES string of the molecule is CNC(=O)[C@]1(CC23CC4CC(CC(C4)C2)C3)C(=O)N(Cc2cccc(Cl)c2)c2ccccc2C(=O)C[C@@H](C(=O)O)N1C(C)=O. The van der Waals surface area contributed by atoms with Gasteiger partial charge in [0.1, 0.15) is 6.04 Å². The monoisotopic (exact) mass is 619 g/mol. The summed E-state index contributed by atoms with van der Waals surface area (Å²) in [5.41, 5.74) is -1.58. The molecule has 5 aliphatic rings. The first kappa shape index (κ1) is 30.3. The van der Waals surface area contributed by atoms with E-state index in [0.29, 0.717) is 28.3 Å². The molecule has 7 rings (SSSR count). The second kappa shape index (κ2) is 11.3. The minimum atomic E-state index is -2.22. The number of halogens is 1. The molecule has 2 aromatic carbocycles. The maximum atomic E-state index is 15.5. The molecule has 4 bridgehead atoms. The number of nitrogens with zero attached hydrogens (tertiary/aromatic N) is 2. The fraction of sp³-hybridized carbons (Fsp3) is 0.500. The lowest BCUT2D eigenvalue weighted by molar-refractivity contribution is -0.170. The molecular formula is C34H38ClN3O6. The average molecular weight is 620 g/mol. The predicted octanol–water partition coefficient (Wildman–Crippen LogP) is 4.85. The molecule has 2 atom stereocenters. The van der Waals surface area contributed by atoms with E-state index in [1.54, 1.807) is 48.5 Å². The van der Waals surface area contributed by atoms with Crippen molar-refractivity contribution < 1.29 is 29.1 Å². The van der Waals surface area contributed by atoms with Crippen LogP contribution in [0.1, 0.15) is 74.2 Å². The molecule has 0 radical (unpaired) electrons. The Morgan fingerprint density at radius 1 is 0.977 bits per heavy atom. The van der Waals surface area contributed by atoms with Gasteiger partial charge in [-0.1, -0.05) is 35.9 Å². The molecule has 232 valence electrons. The Labute approximate surface area is 261 Å². The number of nitrogens with one attached hydrogen (secondary N) is 1. The first-order valence-corrected chi connectivity index (χ1v) is 15.8. The number of carbonyl (C=O) groups excluding carboxylic acids is 4.